The van der Waals surface area contributed by atoms with Crippen molar-refractivity contribution >= 4 is 10.0 Å². The molecule has 0 radical (unpaired) electrons. The molecular formula is C11H21NO3S. The first-order chi connectivity index (χ1) is 7.53. The van der Waals surface area contributed by atoms with Crippen LogP contribution in [0.5, 0.6) is 0 Å². The largest absolute Gasteiger partial charge is 0.378 e. The summed E-state index contributed by atoms with van der Waals surface area (Å²) in [6.07, 6.45) is 3.77. The van der Waals surface area contributed by atoms with Gasteiger partial charge in [0.2, 0.25) is 10.0 Å². The first-order valence-electron chi connectivity index (χ1n) is 6.13. The Hall–Kier alpha value is -0.130. The van der Waals surface area contributed by atoms with E-state index in [1.807, 2.05) is 13.8 Å². The summed E-state index contributed by atoms with van der Waals surface area (Å²) in [7, 11) is -3.11. The van der Waals surface area contributed by atoms with Gasteiger partial charge >= 0.3 is 0 Å². The van der Waals surface area contributed by atoms with Gasteiger partial charge in [-0.15, -0.1) is 0 Å². The van der Waals surface area contributed by atoms with Crippen LogP contribution in [0.15, 0.2) is 0 Å². The maximum absolute atomic E-state index is 12.5. The van der Waals surface area contributed by atoms with E-state index < -0.39 is 10.0 Å². The van der Waals surface area contributed by atoms with Gasteiger partial charge in [-0.05, 0) is 26.7 Å². The zero-order valence-corrected chi connectivity index (χ0v) is 10.9. The summed E-state index contributed by atoms with van der Waals surface area (Å²) < 4.78 is 32.0. The van der Waals surface area contributed by atoms with E-state index in [0.717, 1.165) is 25.7 Å². The third-order valence-corrected chi connectivity index (χ3v) is 6.23. The number of sulfonamides is 1. The predicted octanol–water partition coefficient (Wildman–Crippen LogP) is 1.37. The number of morpholine rings is 1. The van der Waals surface area contributed by atoms with Gasteiger partial charge < -0.3 is 4.74 Å². The van der Waals surface area contributed by atoms with E-state index in [9.17, 15) is 8.42 Å². The average molecular weight is 247 g/mol. The number of hydrogen-bond donors (Lipinski definition) is 0. The van der Waals surface area contributed by atoms with E-state index >= 15 is 0 Å². The molecule has 5 heteroatoms. The van der Waals surface area contributed by atoms with Crippen LogP contribution in [0.2, 0.25) is 0 Å². The summed E-state index contributed by atoms with van der Waals surface area (Å²) in [6.45, 7) is 4.91. The monoisotopic (exact) mass is 247 g/mol. The smallest absolute Gasteiger partial charge is 0.217 e. The van der Waals surface area contributed by atoms with E-state index in [2.05, 4.69) is 0 Å². The zero-order chi connectivity index (χ0) is 11.8. The molecule has 2 aliphatic rings. The summed E-state index contributed by atoms with van der Waals surface area (Å²) >= 11 is 0. The van der Waals surface area contributed by atoms with Crippen molar-refractivity contribution in [2.75, 3.05) is 13.2 Å². The first-order valence-corrected chi connectivity index (χ1v) is 7.64. The lowest BCUT2D eigenvalue weighted by atomic mass is 10.2. The lowest BCUT2D eigenvalue weighted by Crippen LogP contribution is -2.54. The third-order valence-electron chi connectivity index (χ3n) is 3.60. The molecule has 0 bridgehead atoms. The topological polar surface area (TPSA) is 46.6 Å². The van der Waals surface area contributed by atoms with Gasteiger partial charge in [0, 0.05) is 12.1 Å². The summed E-state index contributed by atoms with van der Waals surface area (Å²) in [6, 6.07) is -0.0382. The molecular weight excluding hydrogens is 226 g/mol. The van der Waals surface area contributed by atoms with Gasteiger partial charge in [-0.25, -0.2) is 8.42 Å². The highest BCUT2D eigenvalue weighted by Crippen LogP contribution is 2.30. The third kappa shape index (κ3) is 2.13. The Morgan fingerprint density at radius 2 is 1.56 bits per heavy atom. The lowest BCUT2D eigenvalue weighted by Gasteiger charge is -2.39. The molecule has 16 heavy (non-hydrogen) atoms. The number of nitrogens with zero attached hydrogens (tertiary/aromatic N) is 1. The van der Waals surface area contributed by atoms with Crippen molar-refractivity contribution in [2.45, 2.75) is 56.9 Å². The van der Waals surface area contributed by atoms with Crippen molar-refractivity contribution in [1.29, 1.82) is 0 Å². The van der Waals surface area contributed by atoms with Crippen LogP contribution in [0, 0.1) is 0 Å². The molecule has 2 unspecified atom stereocenters. The molecule has 1 saturated heterocycles. The van der Waals surface area contributed by atoms with Crippen molar-refractivity contribution in [3.63, 3.8) is 0 Å². The molecule has 0 amide bonds. The quantitative estimate of drug-likeness (QED) is 0.740. The fourth-order valence-electron chi connectivity index (χ4n) is 2.85. The Bertz CT molecular complexity index is 325. The minimum atomic E-state index is -3.11. The van der Waals surface area contributed by atoms with Crippen molar-refractivity contribution in [3.8, 4) is 0 Å². The SMILES string of the molecule is CC1COCC(C)N1S(=O)(=O)C1CCCC1. The molecule has 0 aromatic heterocycles. The van der Waals surface area contributed by atoms with E-state index in [1.165, 1.54) is 0 Å². The highest BCUT2D eigenvalue weighted by molar-refractivity contribution is 7.89. The van der Waals surface area contributed by atoms with Gasteiger partial charge in [-0.1, -0.05) is 12.8 Å². The van der Waals surface area contributed by atoms with Crippen molar-refractivity contribution in [2.24, 2.45) is 0 Å². The minimum absolute atomic E-state index is 0.0191. The molecule has 94 valence electrons. The molecule has 1 aliphatic carbocycles. The maximum atomic E-state index is 12.5. The molecule has 0 aromatic rings. The van der Waals surface area contributed by atoms with Crippen molar-refractivity contribution < 1.29 is 13.2 Å². The highest BCUT2D eigenvalue weighted by atomic mass is 32.2. The summed E-state index contributed by atoms with van der Waals surface area (Å²) in [5.41, 5.74) is 0. The molecule has 0 spiro atoms. The molecule has 1 saturated carbocycles. The summed E-state index contributed by atoms with van der Waals surface area (Å²) in [5, 5.41) is -0.143. The van der Waals surface area contributed by atoms with Crippen molar-refractivity contribution in [1.82, 2.24) is 4.31 Å². The Kier molecular flexibility index (Phi) is 3.56. The normalized spacial score (nSPS) is 34.4. The van der Waals surface area contributed by atoms with Crippen LogP contribution in [0.1, 0.15) is 39.5 Å². The van der Waals surface area contributed by atoms with E-state index in [-0.39, 0.29) is 17.3 Å². The van der Waals surface area contributed by atoms with Gasteiger partial charge in [-0.2, -0.15) is 4.31 Å². The number of ether oxygens (including phenoxy) is 1. The van der Waals surface area contributed by atoms with Gasteiger partial charge in [0.15, 0.2) is 0 Å². The molecule has 0 aromatic carbocycles. The second-order valence-corrected chi connectivity index (χ2v) is 7.14. The second kappa shape index (κ2) is 4.63. The maximum Gasteiger partial charge on any atom is 0.217 e. The number of rotatable bonds is 2. The highest BCUT2D eigenvalue weighted by Gasteiger charge is 2.40. The molecule has 4 nitrogen and oxygen atoms in total. The standard InChI is InChI=1S/C11H21NO3S/c1-9-7-15-8-10(2)12(9)16(13,14)11-5-3-4-6-11/h9-11H,3-8H2,1-2H3. The van der Waals surface area contributed by atoms with Crippen LogP contribution in [-0.2, 0) is 14.8 Å². The van der Waals surface area contributed by atoms with Gasteiger partial charge in [-0.3, -0.25) is 0 Å². The molecule has 2 rings (SSSR count). The van der Waals surface area contributed by atoms with Gasteiger partial charge in [0.05, 0.1) is 18.5 Å². The van der Waals surface area contributed by atoms with Crippen LogP contribution in [0.25, 0.3) is 0 Å². The van der Waals surface area contributed by atoms with Crippen LogP contribution >= 0.6 is 0 Å². The van der Waals surface area contributed by atoms with Crippen LogP contribution < -0.4 is 0 Å². The molecule has 2 fully saturated rings. The fourth-order valence-corrected chi connectivity index (χ4v) is 5.25. The average Bonchev–Trinajstić information content (AvgIpc) is 2.69. The predicted molar refractivity (Wildman–Crippen MR) is 62.8 cm³/mol. The Morgan fingerprint density at radius 3 is 2.06 bits per heavy atom. The molecule has 1 aliphatic heterocycles. The lowest BCUT2D eigenvalue weighted by molar-refractivity contribution is 0.00591. The molecule has 2 atom stereocenters. The Balaban J connectivity index is 2.20. The molecule has 0 N–H and O–H groups in total. The van der Waals surface area contributed by atoms with E-state index in [0.29, 0.717) is 13.2 Å². The molecule has 1 heterocycles. The van der Waals surface area contributed by atoms with Crippen LogP contribution in [0.3, 0.4) is 0 Å². The summed E-state index contributed by atoms with van der Waals surface area (Å²) in [4.78, 5) is 0. The zero-order valence-electron chi connectivity index (χ0n) is 10.1. The second-order valence-electron chi connectivity index (χ2n) is 5.02. The van der Waals surface area contributed by atoms with E-state index in [1.54, 1.807) is 4.31 Å². The van der Waals surface area contributed by atoms with Crippen LogP contribution in [0.4, 0.5) is 0 Å². The Labute approximate surface area is 98.0 Å². The van der Waals surface area contributed by atoms with E-state index in [4.69, 9.17) is 4.74 Å². The van der Waals surface area contributed by atoms with Gasteiger partial charge in [0.1, 0.15) is 0 Å². The fraction of sp³-hybridized carbons (Fsp3) is 1.00. The number of hydrogen-bond acceptors (Lipinski definition) is 3. The van der Waals surface area contributed by atoms with Crippen LogP contribution in [-0.4, -0.2) is 43.3 Å². The first kappa shape index (κ1) is 12.3. The van der Waals surface area contributed by atoms with Crippen molar-refractivity contribution in [3.05, 3.63) is 0 Å². The summed E-state index contributed by atoms with van der Waals surface area (Å²) in [5.74, 6) is 0. The minimum Gasteiger partial charge on any atom is -0.378 e. The Morgan fingerprint density at radius 1 is 1.06 bits per heavy atom. The van der Waals surface area contributed by atoms with Gasteiger partial charge in [0.25, 0.3) is 0 Å².